The first-order valence-corrected chi connectivity index (χ1v) is 13.3. The van der Waals surface area contributed by atoms with E-state index in [1.807, 2.05) is 6.07 Å². The molecule has 1 atom stereocenters. The number of hydrogen-bond acceptors (Lipinski definition) is 3. The molecule has 0 radical (unpaired) electrons. The second-order valence-electron chi connectivity index (χ2n) is 8.92. The molecular weight excluding hydrogens is 403 g/mol. The Labute approximate surface area is 197 Å². The topological polar surface area (TPSA) is 27.7 Å². The summed E-state index contributed by atoms with van der Waals surface area (Å²) in [5, 5.41) is 0. The fraction of sp³-hybridized carbons (Fsp3) is 0.786. The third-order valence-electron chi connectivity index (χ3n) is 5.84. The second kappa shape index (κ2) is 18.5. The molecule has 186 valence electrons. The maximum Gasteiger partial charge on any atom is 0.285 e. The lowest BCUT2D eigenvalue weighted by Gasteiger charge is -2.40. The number of hydrogen-bond donors (Lipinski definition) is 0. The minimum atomic E-state index is -0.965. The van der Waals surface area contributed by atoms with Crippen LogP contribution in [0.2, 0.25) is 0 Å². The average Bonchev–Trinajstić information content (AvgIpc) is 2.80. The molecule has 0 heterocycles. The van der Waals surface area contributed by atoms with E-state index >= 15 is 0 Å². The summed E-state index contributed by atoms with van der Waals surface area (Å²) in [6, 6.07) is 6.95. The van der Waals surface area contributed by atoms with E-state index in [2.05, 4.69) is 27.7 Å². The minimum Gasteiger partial charge on any atom is -0.327 e. The lowest BCUT2D eigenvalue weighted by Crippen LogP contribution is -2.47. The highest BCUT2D eigenvalue weighted by molar-refractivity contribution is 5.16. The van der Waals surface area contributed by atoms with Gasteiger partial charge in [0, 0.05) is 5.92 Å². The molecule has 4 heteroatoms. The molecule has 0 aromatic heterocycles. The van der Waals surface area contributed by atoms with Crippen LogP contribution in [0.3, 0.4) is 0 Å². The molecule has 0 aliphatic heterocycles. The van der Waals surface area contributed by atoms with Gasteiger partial charge < -0.3 is 14.2 Å². The van der Waals surface area contributed by atoms with Crippen molar-refractivity contribution in [2.24, 2.45) is 5.92 Å². The van der Waals surface area contributed by atoms with Crippen LogP contribution in [-0.4, -0.2) is 25.8 Å². The van der Waals surface area contributed by atoms with Crippen molar-refractivity contribution in [3.05, 3.63) is 35.6 Å². The summed E-state index contributed by atoms with van der Waals surface area (Å²) in [6.07, 6.45) is 14.2. The van der Waals surface area contributed by atoms with Crippen LogP contribution in [0.1, 0.15) is 110 Å². The van der Waals surface area contributed by atoms with Gasteiger partial charge in [0.05, 0.1) is 19.8 Å². The lowest BCUT2D eigenvalue weighted by atomic mass is 9.91. The zero-order chi connectivity index (χ0) is 23.5. The first kappa shape index (κ1) is 29.1. The molecule has 1 rings (SSSR count). The Kier molecular flexibility index (Phi) is 16.8. The van der Waals surface area contributed by atoms with Crippen LogP contribution in [0.15, 0.2) is 24.3 Å². The van der Waals surface area contributed by atoms with Gasteiger partial charge in [-0.05, 0) is 62.6 Å². The van der Waals surface area contributed by atoms with Crippen molar-refractivity contribution in [3.8, 4) is 0 Å². The Morgan fingerprint density at radius 1 is 0.719 bits per heavy atom. The molecular formula is C28H49FO3. The Balaban J connectivity index is 2.89. The Bertz CT molecular complexity index is 542. The smallest absolute Gasteiger partial charge is 0.285 e. The zero-order valence-electron chi connectivity index (χ0n) is 21.3. The predicted octanol–water partition coefficient (Wildman–Crippen LogP) is 8.45. The molecule has 0 amide bonds. The summed E-state index contributed by atoms with van der Waals surface area (Å²) in [4.78, 5) is 0. The van der Waals surface area contributed by atoms with Crippen LogP contribution < -0.4 is 0 Å². The second-order valence-corrected chi connectivity index (χ2v) is 8.92. The maximum absolute atomic E-state index is 13.6. The predicted molar refractivity (Wildman–Crippen MR) is 132 cm³/mol. The van der Waals surface area contributed by atoms with Crippen molar-refractivity contribution in [3.63, 3.8) is 0 Å². The van der Waals surface area contributed by atoms with Gasteiger partial charge in [-0.1, -0.05) is 78.4 Å². The van der Waals surface area contributed by atoms with Gasteiger partial charge in [0.25, 0.3) is 5.97 Å². The van der Waals surface area contributed by atoms with E-state index in [0.29, 0.717) is 19.8 Å². The van der Waals surface area contributed by atoms with Gasteiger partial charge in [0.1, 0.15) is 5.82 Å². The highest BCUT2D eigenvalue weighted by Gasteiger charge is 2.41. The SMILES string of the molecule is CCCCCCCCC(CCCc1cccc(F)c1)C(OCCC)(OCCC)OCCC. The van der Waals surface area contributed by atoms with Gasteiger partial charge in [-0.3, -0.25) is 0 Å². The average molecular weight is 453 g/mol. The number of unbranched alkanes of at least 4 members (excludes halogenated alkanes) is 5. The monoisotopic (exact) mass is 452 g/mol. The van der Waals surface area contributed by atoms with Crippen molar-refractivity contribution < 1.29 is 18.6 Å². The fourth-order valence-corrected chi connectivity index (χ4v) is 4.13. The molecule has 0 aliphatic carbocycles. The molecule has 1 unspecified atom stereocenters. The van der Waals surface area contributed by atoms with Crippen LogP contribution >= 0.6 is 0 Å². The number of ether oxygens (including phenoxy) is 3. The molecule has 32 heavy (non-hydrogen) atoms. The van der Waals surface area contributed by atoms with Gasteiger partial charge in [0.2, 0.25) is 0 Å². The molecule has 0 saturated carbocycles. The minimum absolute atomic E-state index is 0.163. The first-order valence-electron chi connectivity index (χ1n) is 13.3. The number of halogens is 1. The summed E-state index contributed by atoms with van der Waals surface area (Å²) < 4.78 is 32.7. The van der Waals surface area contributed by atoms with E-state index in [0.717, 1.165) is 56.9 Å². The van der Waals surface area contributed by atoms with Crippen LogP contribution in [0.5, 0.6) is 0 Å². The van der Waals surface area contributed by atoms with Crippen LogP contribution in [0.25, 0.3) is 0 Å². The van der Waals surface area contributed by atoms with Gasteiger partial charge >= 0.3 is 0 Å². The Morgan fingerprint density at radius 3 is 1.84 bits per heavy atom. The van der Waals surface area contributed by atoms with E-state index in [1.54, 1.807) is 12.1 Å². The Morgan fingerprint density at radius 2 is 1.28 bits per heavy atom. The summed E-state index contributed by atoms with van der Waals surface area (Å²) in [5.74, 6) is -0.955. The molecule has 3 nitrogen and oxygen atoms in total. The number of aryl methyl sites for hydroxylation is 1. The van der Waals surface area contributed by atoms with Crippen molar-refractivity contribution >= 4 is 0 Å². The van der Waals surface area contributed by atoms with E-state index in [4.69, 9.17) is 14.2 Å². The van der Waals surface area contributed by atoms with Crippen molar-refractivity contribution in [1.82, 2.24) is 0 Å². The molecule has 0 bridgehead atoms. The molecule has 0 spiro atoms. The highest BCUT2D eigenvalue weighted by atomic mass is 19.1. The van der Waals surface area contributed by atoms with Crippen molar-refractivity contribution in [2.75, 3.05) is 19.8 Å². The lowest BCUT2D eigenvalue weighted by molar-refractivity contribution is -0.406. The maximum atomic E-state index is 13.6. The highest BCUT2D eigenvalue weighted by Crippen LogP contribution is 2.35. The fourth-order valence-electron chi connectivity index (χ4n) is 4.13. The summed E-state index contributed by atoms with van der Waals surface area (Å²) in [7, 11) is 0. The molecule has 0 fully saturated rings. The quantitative estimate of drug-likeness (QED) is 0.138. The summed E-state index contributed by atoms with van der Waals surface area (Å²) >= 11 is 0. The molecule has 0 saturated heterocycles. The van der Waals surface area contributed by atoms with Gasteiger partial charge in [-0.2, -0.15) is 0 Å². The third-order valence-corrected chi connectivity index (χ3v) is 5.84. The largest absolute Gasteiger partial charge is 0.327 e. The summed E-state index contributed by atoms with van der Waals surface area (Å²) in [5.41, 5.74) is 1.05. The molecule has 1 aromatic rings. The molecule has 1 aromatic carbocycles. The van der Waals surface area contributed by atoms with Crippen molar-refractivity contribution in [1.29, 1.82) is 0 Å². The first-order chi connectivity index (χ1) is 15.6. The van der Waals surface area contributed by atoms with Crippen LogP contribution in [-0.2, 0) is 20.6 Å². The van der Waals surface area contributed by atoms with Crippen molar-refractivity contribution in [2.45, 2.75) is 117 Å². The number of benzene rings is 1. The van der Waals surface area contributed by atoms with Gasteiger partial charge in [0.15, 0.2) is 0 Å². The summed E-state index contributed by atoms with van der Waals surface area (Å²) in [6.45, 7) is 10.5. The third kappa shape index (κ3) is 11.8. The molecule has 0 N–H and O–H groups in total. The van der Waals surface area contributed by atoms with Crippen LogP contribution in [0.4, 0.5) is 4.39 Å². The van der Waals surface area contributed by atoms with E-state index in [1.165, 1.54) is 38.2 Å². The Hall–Kier alpha value is -0.970. The zero-order valence-corrected chi connectivity index (χ0v) is 21.3. The standard InChI is InChI=1S/C28H49FO3/c1-5-9-10-11-12-13-18-26(19-14-16-25-17-15-20-27(29)24-25)28(30-21-6-2,31-22-7-3)32-23-8-4/h15,17,20,24,26H,5-14,16,18-19,21-23H2,1-4H3. The number of rotatable bonds is 21. The molecule has 0 aliphatic rings. The normalized spacial score (nSPS) is 12.9. The van der Waals surface area contributed by atoms with E-state index < -0.39 is 5.97 Å². The van der Waals surface area contributed by atoms with Gasteiger partial charge in [-0.25, -0.2) is 4.39 Å². The van der Waals surface area contributed by atoms with Crippen LogP contribution in [0, 0.1) is 11.7 Å². The van der Waals surface area contributed by atoms with E-state index in [9.17, 15) is 4.39 Å². The van der Waals surface area contributed by atoms with E-state index in [-0.39, 0.29) is 11.7 Å². The van der Waals surface area contributed by atoms with Gasteiger partial charge in [-0.15, -0.1) is 0 Å².